The summed E-state index contributed by atoms with van der Waals surface area (Å²) in [6.07, 6.45) is 2.72. The molecule has 1 atom stereocenters. The molecule has 11 heteroatoms. The quantitative estimate of drug-likeness (QED) is 0.390. The van der Waals surface area contributed by atoms with Gasteiger partial charge in [-0.3, -0.25) is 19.4 Å². The summed E-state index contributed by atoms with van der Waals surface area (Å²) in [5.41, 5.74) is -0.0633. The van der Waals surface area contributed by atoms with Gasteiger partial charge in [0, 0.05) is 38.0 Å². The number of carboxylic acids is 1. The number of hydrogen-bond donors (Lipinski definition) is 3. The van der Waals surface area contributed by atoms with Gasteiger partial charge in [0.25, 0.3) is 16.8 Å². The van der Waals surface area contributed by atoms with Crippen molar-refractivity contribution in [3.63, 3.8) is 0 Å². The van der Waals surface area contributed by atoms with Gasteiger partial charge in [0.05, 0.1) is 15.7 Å². The fourth-order valence-corrected chi connectivity index (χ4v) is 3.61. The molecule has 2 aromatic carbocycles. The SMILES string of the molecule is CCN(C)c1c(N[C@@H](Cc2ccc(C(=O)Nc3c(Cl)cncc3Cl)cc2)C(=O)O)c(=O)c1=O. The molecule has 1 amide bonds. The third kappa shape index (κ3) is 5.15. The molecular weight excluding hydrogens is 471 g/mol. The molecular formula is C22H20Cl2N4O5. The summed E-state index contributed by atoms with van der Waals surface area (Å²) < 4.78 is 0. The number of halogens is 2. The number of benzene rings is 1. The zero-order valence-electron chi connectivity index (χ0n) is 17.7. The highest BCUT2D eigenvalue weighted by molar-refractivity contribution is 6.39. The lowest BCUT2D eigenvalue weighted by Crippen LogP contribution is -2.44. The maximum absolute atomic E-state index is 12.5. The topological polar surface area (TPSA) is 129 Å². The second kappa shape index (κ2) is 10.0. The average Bonchev–Trinajstić information content (AvgIpc) is 2.80. The Morgan fingerprint density at radius 3 is 2.21 bits per heavy atom. The van der Waals surface area contributed by atoms with E-state index in [1.54, 1.807) is 24.1 Å². The molecule has 0 radical (unpaired) electrons. The summed E-state index contributed by atoms with van der Waals surface area (Å²) >= 11 is 12.0. The van der Waals surface area contributed by atoms with E-state index in [2.05, 4.69) is 15.6 Å². The van der Waals surface area contributed by atoms with Crippen LogP contribution in [0.1, 0.15) is 22.8 Å². The van der Waals surface area contributed by atoms with Crippen molar-refractivity contribution in [3.05, 3.63) is 78.3 Å². The van der Waals surface area contributed by atoms with E-state index in [9.17, 15) is 24.3 Å². The predicted molar refractivity (Wildman–Crippen MR) is 128 cm³/mol. The molecule has 0 spiro atoms. The monoisotopic (exact) mass is 490 g/mol. The molecule has 0 aliphatic rings. The van der Waals surface area contributed by atoms with Gasteiger partial charge in [-0.25, -0.2) is 4.79 Å². The van der Waals surface area contributed by atoms with E-state index in [0.29, 0.717) is 17.7 Å². The molecule has 3 aromatic rings. The molecule has 0 saturated carbocycles. The van der Waals surface area contributed by atoms with E-state index < -0.39 is 28.8 Å². The fourth-order valence-electron chi connectivity index (χ4n) is 3.15. The zero-order valence-corrected chi connectivity index (χ0v) is 19.2. The van der Waals surface area contributed by atoms with Crippen molar-refractivity contribution in [1.82, 2.24) is 4.98 Å². The molecule has 0 aliphatic heterocycles. The largest absolute Gasteiger partial charge is 0.480 e. The van der Waals surface area contributed by atoms with Crippen LogP contribution in [-0.2, 0) is 11.2 Å². The Morgan fingerprint density at radius 2 is 1.67 bits per heavy atom. The van der Waals surface area contributed by atoms with Gasteiger partial charge < -0.3 is 20.6 Å². The van der Waals surface area contributed by atoms with E-state index in [4.69, 9.17) is 23.2 Å². The van der Waals surface area contributed by atoms with Crippen LogP contribution < -0.4 is 26.4 Å². The first-order valence-corrected chi connectivity index (χ1v) is 10.6. The van der Waals surface area contributed by atoms with Gasteiger partial charge in [0.1, 0.15) is 17.4 Å². The average molecular weight is 491 g/mol. The number of aromatic nitrogens is 1. The highest BCUT2D eigenvalue weighted by Gasteiger charge is 2.28. The van der Waals surface area contributed by atoms with Crippen LogP contribution in [0.3, 0.4) is 0 Å². The number of carboxylic acid groups (broad SMARTS) is 1. The van der Waals surface area contributed by atoms with Crippen LogP contribution in [0.25, 0.3) is 0 Å². The number of hydrogen-bond acceptors (Lipinski definition) is 7. The van der Waals surface area contributed by atoms with Crippen LogP contribution in [0.4, 0.5) is 17.1 Å². The minimum atomic E-state index is -1.18. The first-order chi connectivity index (χ1) is 15.6. The van der Waals surface area contributed by atoms with Crippen LogP contribution in [0, 0.1) is 0 Å². The van der Waals surface area contributed by atoms with E-state index >= 15 is 0 Å². The van der Waals surface area contributed by atoms with Crippen LogP contribution in [0.5, 0.6) is 0 Å². The molecule has 9 nitrogen and oxygen atoms in total. The Morgan fingerprint density at radius 1 is 1.06 bits per heavy atom. The van der Waals surface area contributed by atoms with E-state index in [0.717, 1.165) is 0 Å². The summed E-state index contributed by atoms with van der Waals surface area (Å²) in [6.45, 7) is 2.29. The van der Waals surface area contributed by atoms with Gasteiger partial charge in [0.2, 0.25) is 0 Å². The normalized spacial score (nSPS) is 11.8. The first kappa shape index (κ1) is 24.2. The molecule has 172 valence electrons. The summed E-state index contributed by atoms with van der Waals surface area (Å²) in [6, 6.07) is 5.11. The molecule has 3 rings (SSSR count). The molecule has 0 aliphatic carbocycles. The zero-order chi connectivity index (χ0) is 24.3. The highest BCUT2D eigenvalue weighted by Crippen LogP contribution is 2.29. The second-order valence-electron chi connectivity index (χ2n) is 7.26. The van der Waals surface area contributed by atoms with Crippen molar-refractivity contribution in [2.45, 2.75) is 19.4 Å². The maximum Gasteiger partial charge on any atom is 0.326 e. The molecule has 0 bridgehead atoms. The fraction of sp³-hybridized carbons (Fsp3) is 0.227. The molecule has 0 unspecified atom stereocenters. The molecule has 1 aromatic heterocycles. The minimum absolute atomic E-state index is 0.00106. The Labute approximate surface area is 198 Å². The second-order valence-corrected chi connectivity index (χ2v) is 8.08. The van der Waals surface area contributed by atoms with Gasteiger partial charge in [0.15, 0.2) is 0 Å². The maximum atomic E-state index is 12.5. The number of pyridine rings is 1. The molecule has 0 saturated heterocycles. The third-order valence-corrected chi connectivity index (χ3v) is 5.68. The van der Waals surface area contributed by atoms with Crippen molar-refractivity contribution in [2.24, 2.45) is 0 Å². The van der Waals surface area contributed by atoms with Crippen molar-refractivity contribution < 1.29 is 14.7 Å². The lowest BCUT2D eigenvalue weighted by molar-refractivity contribution is -0.137. The summed E-state index contributed by atoms with van der Waals surface area (Å²) in [5, 5.41) is 15.3. The van der Waals surface area contributed by atoms with Crippen LogP contribution in [-0.4, -0.2) is 41.6 Å². The number of anilines is 3. The molecule has 3 N–H and O–H groups in total. The van der Waals surface area contributed by atoms with Crippen molar-refractivity contribution >= 4 is 52.1 Å². The molecule has 1 heterocycles. The van der Waals surface area contributed by atoms with Crippen LogP contribution in [0.15, 0.2) is 46.2 Å². The van der Waals surface area contributed by atoms with Gasteiger partial charge >= 0.3 is 5.97 Å². The number of carbonyl (C=O) groups is 2. The van der Waals surface area contributed by atoms with Gasteiger partial charge in [-0.05, 0) is 24.6 Å². The Hall–Kier alpha value is -3.43. The molecule has 0 fully saturated rings. The number of aliphatic carboxylic acids is 1. The Kier molecular flexibility index (Phi) is 7.35. The smallest absolute Gasteiger partial charge is 0.326 e. The lowest BCUT2D eigenvalue weighted by Gasteiger charge is -2.24. The Bertz CT molecular complexity index is 1250. The van der Waals surface area contributed by atoms with Crippen LogP contribution in [0.2, 0.25) is 10.0 Å². The summed E-state index contributed by atoms with van der Waals surface area (Å²) in [5.74, 6) is -1.64. The third-order valence-electron chi connectivity index (χ3n) is 5.11. The number of nitrogens with zero attached hydrogens (tertiary/aromatic N) is 2. The highest BCUT2D eigenvalue weighted by atomic mass is 35.5. The lowest BCUT2D eigenvalue weighted by atomic mass is 10.0. The standard InChI is InChI=1S/C22H20Cl2N4O5/c1-3-28(2)18-17(19(29)20(18)30)26-15(22(32)33)8-11-4-6-12(7-5-11)21(31)27-16-13(23)9-25-10-14(16)24/h4-7,9-10,15,26H,3,8H2,1-2H3,(H,32,33)(H,25,27,31)/t15-/m0/s1. The number of carbonyl (C=O) groups excluding carboxylic acids is 1. The van der Waals surface area contributed by atoms with Crippen molar-refractivity contribution in [3.8, 4) is 0 Å². The Balaban J connectivity index is 1.73. The van der Waals surface area contributed by atoms with Crippen LogP contribution >= 0.6 is 23.2 Å². The van der Waals surface area contributed by atoms with E-state index in [1.807, 2.05) is 6.92 Å². The first-order valence-electron chi connectivity index (χ1n) is 9.87. The van der Waals surface area contributed by atoms with Crippen molar-refractivity contribution in [2.75, 3.05) is 29.1 Å². The summed E-state index contributed by atoms with van der Waals surface area (Å²) in [7, 11) is 1.65. The summed E-state index contributed by atoms with van der Waals surface area (Å²) in [4.78, 5) is 53.5. The minimum Gasteiger partial charge on any atom is -0.480 e. The number of nitrogens with one attached hydrogen (secondary N) is 2. The van der Waals surface area contributed by atoms with Gasteiger partial charge in [-0.2, -0.15) is 0 Å². The molecule has 33 heavy (non-hydrogen) atoms. The number of rotatable bonds is 9. The van der Waals surface area contributed by atoms with Crippen molar-refractivity contribution in [1.29, 1.82) is 0 Å². The number of amides is 1. The van der Waals surface area contributed by atoms with Gasteiger partial charge in [-0.1, -0.05) is 35.3 Å². The van der Waals surface area contributed by atoms with Gasteiger partial charge in [-0.15, -0.1) is 0 Å². The van der Waals surface area contributed by atoms with E-state index in [1.165, 1.54) is 24.5 Å². The van der Waals surface area contributed by atoms with E-state index in [-0.39, 0.29) is 33.5 Å². The predicted octanol–water partition coefficient (Wildman–Crippen LogP) is 2.80.